The Morgan fingerprint density at radius 2 is 2.09 bits per heavy atom. The second kappa shape index (κ2) is 4.83. The first kappa shape index (κ1) is 13.3. The van der Waals surface area contributed by atoms with Crippen molar-refractivity contribution in [1.29, 1.82) is 0 Å². The fraction of sp³-hybridized carbons (Fsp3) is 0.438. The zero-order valence-electron chi connectivity index (χ0n) is 12.1. The summed E-state index contributed by atoms with van der Waals surface area (Å²) in [6.07, 6.45) is 3.50. The zero-order chi connectivity index (χ0) is 15.2. The van der Waals surface area contributed by atoms with Crippen LogP contribution in [0.4, 0.5) is 0 Å². The molecule has 0 radical (unpaired) electrons. The molecule has 6 nitrogen and oxygen atoms in total. The molecule has 4 rings (SSSR count). The van der Waals surface area contributed by atoms with E-state index in [-0.39, 0.29) is 17.1 Å². The molecule has 114 valence electrons. The van der Waals surface area contributed by atoms with Gasteiger partial charge in [-0.3, -0.25) is 14.3 Å². The van der Waals surface area contributed by atoms with Crippen LogP contribution in [0.1, 0.15) is 41.4 Å². The van der Waals surface area contributed by atoms with Gasteiger partial charge in [-0.1, -0.05) is 36.8 Å². The Morgan fingerprint density at radius 1 is 1.32 bits per heavy atom. The Kier molecular flexibility index (Phi) is 2.92. The van der Waals surface area contributed by atoms with Gasteiger partial charge in [0.15, 0.2) is 0 Å². The van der Waals surface area contributed by atoms with E-state index in [4.69, 9.17) is 0 Å². The van der Waals surface area contributed by atoms with Crippen molar-refractivity contribution in [2.24, 2.45) is 5.41 Å². The molecular weight excluding hydrogens is 282 g/mol. The number of hydrogen-bond donors (Lipinski definition) is 1. The average Bonchev–Trinajstić information content (AvgIpc) is 3.11. The lowest BCUT2D eigenvalue weighted by molar-refractivity contribution is 0.0711. The van der Waals surface area contributed by atoms with Gasteiger partial charge in [-0.15, -0.1) is 0 Å². The highest BCUT2D eigenvalue weighted by Gasteiger charge is 2.52. The molecule has 2 aliphatic rings. The fourth-order valence-corrected chi connectivity index (χ4v) is 3.88. The lowest BCUT2D eigenvalue weighted by Crippen LogP contribution is -2.38. The van der Waals surface area contributed by atoms with Crippen molar-refractivity contribution in [3.05, 3.63) is 52.3 Å². The number of benzene rings is 1. The summed E-state index contributed by atoms with van der Waals surface area (Å²) < 4.78 is 4.44. The van der Waals surface area contributed by atoms with Crippen LogP contribution in [-0.4, -0.2) is 34.0 Å². The van der Waals surface area contributed by atoms with Gasteiger partial charge in [0.1, 0.15) is 0 Å². The Labute approximate surface area is 127 Å². The summed E-state index contributed by atoms with van der Waals surface area (Å²) in [4.78, 5) is 27.7. The van der Waals surface area contributed by atoms with Crippen LogP contribution in [-0.2, 0) is 0 Å². The molecule has 2 fully saturated rings. The SMILES string of the molecule is O=C(c1noc(=O)[nH]1)N1C[C@H](c2ccccc2)C2(CCC2)C1. The molecule has 1 saturated carbocycles. The van der Waals surface area contributed by atoms with Gasteiger partial charge < -0.3 is 4.90 Å². The number of amides is 1. The molecule has 1 aliphatic heterocycles. The molecule has 6 heteroatoms. The average molecular weight is 299 g/mol. The lowest BCUT2D eigenvalue weighted by atomic mass is 9.61. The Hall–Kier alpha value is -2.37. The number of carbonyl (C=O) groups is 1. The maximum absolute atomic E-state index is 12.5. The van der Waals surface area contributed by atoms with Crippen LogP contribution in [0.25, 0.3) is 0 Å². The van der Waals surface area contributed by atoms with Crippen LogP contribution >= 0.6 is 0 Å². The summed E-state index contributed by atoms with van der Waals surface area (Å²) in [5.41, 5.74) is 1.47. The van der Waals surface area contributed by atoms with Gasteiger partial charge >= 0.3 is 5.76 Å². The van der Waals surface area contributed by atoms with Crippen molar-refractivity contribution in [3.8, 4) is 0 Å². The fourth-order valence-electron chi connectivity index (χ4n) is 3.88. The van der Waals surface area contributed by atoms with E-state index >= 15 is 0 Å². The molecule has 22 heavy (non-hydrogen) atoms. The molecule has 1 N–H and O–H groups in total. The highest BCUT2D eigenvalue weighted by molar-refractivity contribution is 5.90. The summed E-state index contributed by atoms with van der Waals surface area (Å²) in [5.74, 6) is -0.603. The number of aromatic amines is 1. The maximum atomic E-state index is 12.5. The number of nitrogens with one attached hydrogen (secondary N) is 1. The molecule has 1 aromatic carbocycles. The quantitative estimate of drug-likeness (QED) is 0.916. The Morgan fingerprint density at radius 3 is 2.68 bits per heavy atom. The van der Waals surface area contributed by atoms with Crippen molar-refractivity contribution < 1.29 is 9.32 Å². The first-order valence-corrected chi connectivity index (χ1v) is 7.58. The van der Waals surface area contributed by atoms with Gasteiger partial charge in [0, 0.05) is 19.0 Å². The van der Waals surface area contributed by atoms with E-state index in [9.17, 15) is 9.59 Å². The second-order valence-electron chi connectivity index (χ2n) is 6.31. The number of hydrogen-bond acceptors (Lipinski definition) is 4. The van der Waals surface area contributed by atoms with E-state index < -0.39 is 5.76 Å². The zero-order valence-corrected chi connectivity index (χ0v) is 12.1. The second-order valence-corrected chi connectivity index (χ2v) is 6.31. The number of likely N-dealkylation sites (tertiary alicyclic amines) is 1. The molecule has 1 atom stereocenters. The first-order valence-electron chi connectivity index (χ1n) is 7.58. The van der Waals surface area contributed by atoms with E-state index in [1.54, 1.807) is 4.90 Å². The van der Waals surface area contributed by atoms with Gasteiger partial charge in [0.25, 0.3) is 5.91 Å². The third kappa shape index (κ3) is 1.98. The maximum Gasteiger partial charge on any atom is 0.439 e. The van der Waals surface area contributed by atoms with E-state index in [1.165, 1.54) is 12.0 Å². The van der Waals surface area contributed by atoms with Gasteiger partial charge in [-0.2, -0.15) is 0 Å². The Bertz CT molecular complexity index is 745. The summed E-state index contributed by atoms with van der Waals surface area (Å²) in [6, 6.07) is 10.4. The van der Waals surface area contributed by atoms with E-state index in [0.29, 0.717) is 12.5 Å². The summed E-state index contributed by atoms with van der Waals surface area (Å²) in [6.45, 7) is 1.39. The lowest BCUT2D eigenvalue weighted by Gasteiger charge is -2.42. The van der Waals surface area contributed by atoms with Crippen LogP contribution in [0.15, 0.2) is 39.6 Å². The Balaban J connectivity index is 1.62. The van der Waals surface area contributed by atoms with Crippen LogP contribution in [0, 0.1) is 5.41 Å². The highest BCUT2D eigenvalue weighted by Crippen LogP contribution is 2.55. The molecule has 1 amide bonds. The predicted octanol–water partition coefficient (Wildman–Crippen LogP) is 1.77. The molecule has 0 unspecified atom stereocenters. The van der Waals surface area contributed by atoms with Crippen molar-refractivity contribution >= 4 is 5.91 Å². The number of H-pyrrole nitrogens is 1. The van der Waals surface area contributed by atoms with E-state index in [2.05, 4.69) is 26.8 Å². The minimum atomic E-state index is -0.694. The molecule has 2 heterocycles. The molecule has 2 aromatic rings. The smallest absolute Gasteiger partial charge is 0.335 e. The highest BCUT2D eigenvalue weighted by atomic mass is 16.5. The van der Waals surface area contributed by atoms with Crippen LogP contribution in [0.2, 0.25) is 0 Å². The summed E-state index contributed by atoms with van der Waals surface area (Å²) in [5, 5.41) is 3.52. The topological polar surface area (TPSA) is 79.2 Å². The molecule has 1 saturated heterocycles. The summed E-state index contributed by atoms with van der Waals surface area (Å²) >= 11 is 0. The van der Waals surface area contributed by atoms with Gasteiger partial charge in [0.2, 0.25) is 5.82 Å². The number of aromatic nitrogens is 2. The van der Waals surface area contributed by atoms with Crippen molar-refractivity contribution in [2.45, 2.75) is 25.2 Å². The molecule has 1 aliphatic carbocycles. The standard InChI is InChI=1S/C16H17N3O3/c20-14(13-17-15(21)22-18-13)19-9-12(11-5-2-1-3-6-11)16(10-19)7-4-8-16/h1-3,5-6,12H,4,7-10H2,(H,17,18,21)/t12-/m1/s1. The minimum Gasteiger partial charge on any atom is -0.335 e. The van der Waals surface area contributed by atoms with Crippen molar-refractivity contribution in [3.63, 3.8) is 0 Å². The summed E-state index contributed by atoms with van der Waals surface area (Å²) in [7, 11) is 0. The van der Waals surface area contributed by atoms with Crippen LogP contribution < -0.4 is 5.76 Å². The molecular formula is C16H17N3O3. The number of carbonyl (C=O) groups excluding carboxylic acids is 1. The third-order valence-corrected chi connectivity index (χ3v) is 5.13. The normalized spacial score (nSPS) is 22.7. The largest absolute Gasteiger partial charge is 0.439 e. The monoisotopic (exact) mass is 299 g/mol. The van der Waals surface area contributed by atoms with E-state index in [1.807, 2.05) is 18.2 Å². The van der Waals surface area contributed by atoms with Gasteiger partial charge in [0.05, 0.1) is 0 Å². The van der Waals surface area contributed by atoms with Crippen molar-refractivity contribution in [2.75, 3.05) is 13.1 Å². The third-order valence-electron chi connectivity index (χ3n) is 5.13. The van der Waals surface area contributed by atoms with Gasteiger partial charge in [-0.05, 0) is 29.0 Å². The number of rotatable bonds is 2. The molecule has 1 spiro atoms. The first-order chi connectivity index (χ1) is 10.7. The molecule has 0 bridgehead atoms. The van der Waals surface area contributed by atoms with Gasteiger partial charge in [-0.25, -0.2) is 4.79 Å². The van der Waals surface area contributed by atoms with Crippen molar-refractivity contribution in [1.82, 2.24) is 15.0 Å². The van der Waals surface area contributed by atoms with Crippen LogP contribution in [0.3, 0.4) is 0 Å². The molecule has 1 aromatic heterocycles. The van der Waals surface area contributed by atoms with E-state index in [0.717, 1.165) is 19.4 Å². The van der Waals surface area contributed by atoms with Crippen LogP contribution in [0.5, 0.6) is 0 Å². The predicted molar refractivity (Wildman–Crippen MR) is 78.5 cm³/mol. The minimum absolute atomic E-state index is 0.00631. The number of nitrogens with zero attached hydrogens (tertiary/aromatic N) is 2.